The predicted octanol–water partition coefficient (Wildman–Crippen LogP) is 2.39. The molecule has 0 aliphatic rings. The number of nitrogens with zero attached hydrogens (tertiary/aromatic N) is 1. The van der Waals surface area contributed by atoms with E-state index < -0.39 is 0 Å². The number of halogens is 1. The second kappa shape index (κ2) is 10.2. The molecule has 3 N–H and O–H groups in total. The zero-order chi connectivity index (χ0) is 13.5. The second-order valence-electron chi connectivity index (χ2n) is 4.70. The summed E-state index contributed by atoms with van der Waals surface area (Å²) in [5.41, 5.74) is 1.26. The Morgan fingerprint density at radius 3 is 2.52 bits per heavy atom. The average molecular weight is 315 g/mol. The second-order valence-corrected chi connectivity index (χ2v) is 4.70. The topological polar surface area (TPSA) is 78.8 Å². The number of rotatable bonds is 7. The molecule has 0 spiro atoms. The van der Waals surface area contributed by atoms with Gasteiger partial charge in [-0.3, -0.25) is 0 Å². The van der Waals surface area contributed by atoms with Crippen molar-refractivity contribution in [3.05, 3.63) is 48.2 Å². The average Bonchev–Trinajstić information content (AvgIpc) is 2.91. The maximum absolute atomic E-state index is 5.64. The molecule has 0 saturated heterocycles. The lowest BCUT2D eigenvalue weighted by atomic mass is 10.2. The normalized spacial score (nSPS) is 9.86. The summed E-state index contributed by atoms with van der Waals surface area (Å²) in [5.74, 6) is 1.58. The van der Waals surface area contributed by atoms with E-state index in [-0.39, 0.29) is 17.9 Å². The Balaban J connectivity index is 0.00000200. The van der Waals surface area contributed by atoms with Gasteiger partial charge < -0.3 is 19.9 Å². The van der Waals surface area contributed by atoms with Crippen molar-refractivity contribution < 1.29 is 14.6 Å². The molecule has 0 radical (unpaired) electrons. The fourth-order valence-electron chi connectivity index (χ4n) is 1.66. The minimum atomic E-state index is 0. The van der Waals surface area contributed by atoms with Crippen LogP contribution in [0.15, 0.2) is 41.1 Å². The van der Waals surface area contributed by atoms with Crippen LogP contribution in [0, 0.1) is 0 Å². The van der Waals surface area contributed by atoms with Gasteiger partial charge in [0.1, 0.15) is 12.0 Å². The van der Waals surface area contributed by atoms with Crippen LogP contribution in [0.4, 0.5) is 0 Å². The van der Waals surface area contributed by atoms with Gasteiger partial charge in [0.25, 0.3) is 0 Å². The van der Waals surface area contributed by atoms with Gasteiger partial charge in [-0.25, -0.2) is 4.98 Å². The van der Waals surface area contributed by atoms with Crippen molar-refractivity contribution in [1.82, 2.24) is 10.3 Å². The third-order valence-electron chi connectivity index (χ3n) is 2.71. The van der Waals surface area contributed by atoms with Gasteiger partial charge >= 0.3 is 0 Å². The summed E-state index contributed by atoms with van der Waals surface area (Å²) in [7, 11) is 0. The van der Waals surface area contributed by atoms with Crippen LogP contribution in [-0.4, -0.2) is 23.1 Å². The molecular formula is C15H23ClN2O3. The summed E-state index contributed by atoms with van der Waals surface area (Å²) < 4.78 is 10.8. The Kier molecular flexibility index (Phi) is 9.45. The molecule has 0 saturated carbocycles. The molecule has 1 aromatic heterocycles. The summed E-state index contributed by atoms with van der Waals surface area (Å²) in [6.45, 7) is 5.73. The molecule has 0 unspecified atom stereocenters. The van der Waals surface area contributed by atoms with Gasteiger partial charge in [0.05, 0.1) is 19.2 Å². The van der Waals surface area contributed by atoms with Crippen molar-refractivity contribution in [3.63, 3.8) is 0 Å². The maximum atomic E-state index is 5.64. The Hall–Kier alpha value is -1.56. The molecule has 0 bridgehead atoms. The minimum absolute atomic E-state index is 0. The fourth-order valence-corrected chi connectivity index (χ4v) is 1.66. The molecule has 0 amide bonds. The highest BCUT2D eigenvalue weighted by Crippen LogP contribution is 2.12. The Bertz CT molecular complexity index is 472. The standard InChI is InChI=1S/C15H20N2O2.ClH.H2O/c1-12(2)17-11-13-3-5-14(6-4-13)18-9-7-15-16-8-10-19-15;;/h3-6,8,10,12,17H,7,9,11H2,1-2H3;1H;1H2. The van der Waals surface area contributed by atoms with Gasteiger partial charge in [-0.05, 0) is 17.7 Å². The van der Waals surface area contributed by atoms with Crippen LogP contribution in [0.2, 0.25) is 0 Å². The quantitative estimate of drug-likeness (QED) is 0.851. The number of benzene rings is 1. The van der Waals surface area contributed by atoms with E-state index >= 15 is 0 Å². The molecule has 21 heavy (non-hydrogen) atoms. The molecule has 118 valence electrons. The molecule has 1 aromatic carbocycles. The van der Waals surface area contributed by atoms with Crippen molar-refractivity contribution in [2.24, 2.45) is 0 Å². The van der Waals surface area contributed by atoms with E-state index in [1.54, 1.807) is 12.5 Å². The van der Waals surface area contributed by atoms with Gasteiger partial charge in [0.2, 0.25) is 0 Å². The van der Waals surface area contributed by atoms with E-state index in [1.165, 1.54) is 5.56 Å². The molecule has 2 rings (SSSR count). The monoisotopic (exact) mass is 314 g/mol. The van der Waals surface area contributed by atoms with Crippen LogP contribution in [-0.2, 0) is 13.0 Å². The van der Waals surface area contributed by atoms with E-state index in [0.717, 1.165) is 12.3 Å². The number of aromatic nitrogens is 1. The highest BCUT2D eigenvalue weighted by atomic mass is 35.5. The SMILES string of the molecule is CC(C)NCc1ccc(OCCc2ncco2)cc1.Cl.O. The molecule has 0 fully saturated rings. The first kappa shape index (κ1) is 19.4. The third kappa shape index (κ3) is 7.13. The summed E-state index contributed by atoms with van der Waals surface area (Å²) in [5, 5.41) is 3.38. The lowest BCUT2D eigenvalue weighted by Crippen LogP contribution is -2.21. The summed E-state index contributed by atoms with van der Waals surface area (Å²) in [6.07, 6.45) is 3.90. The van der Waals surface area contributed by atoms with E-state index in [9.17, 15) is 0 Å². The predicted molar refractivity (Wildman–Crippen MR) is 85.0 cm³/mol. The number of ether oxygens (including phenoxy) is 1. The number of oxazole rings is 1. The lowest BCUT2D eigenvalue weighted by Gasteiger charge is -2.09. The van der Waals surface area contributed by atoms with Crippen molar-refractivity contribution >= 4 is 12.4 Å². The minimum Gasteiger partial charge on any atom is -0.493 e. The number of nitrogens with one attached hydrogen (secondary N) is 1. The van der Waals surface area contributed by atoms with Crippen LogP contribution >= 0.6 is 12.4 Å². The lowest BCUT2D eigenvalue weighted by molar-refractivity contribution is 0.306. The van der Waals surface area contributed by atoms with Crippen molar-refractivity contribution in [1.29, 1.82) is 0 Å². The zero-order valence-electron chi connectivity index (χ0n) is 12.3. The van der Waals surface area contributed by atoms with E-state index in [2.05, 4.69) is 36.3 Å². The first-order valence-electron chi connectivity index (χ1n) is 6.57. The van der Waals surface area contributed by atoms with Gasteiger partial charge in [-0.2, -0.15) is 0 Å². The molecule has 0 aliphatic carbocycles. The molecule has 0 atom stereocenters. The Morgan fingerprint density at radius 2 is 1.95 bits per heavy atom. The largest absolute Gasteiger partial charge is 0.493 e. The number of hydrogen-bond acceptors (Lipinski definition) is 4. The molecule has 6 heteroatoms. The Labute approximate surface area is 131 Å². The molecular weight excluding hydrogens is 292 g/mol. The maximum Gasteiger partial charge on any atom is 0.197 e. The highest BCUT2D eigenvalue weighted by molar-refractivity contribution is 5.85. The smallest absolute Gasteiger partial charge is 0.197 e. The van der Waals surface area contributed by atoms with Crippen molar-refractivity contribution in [2.45, 2.75) is 32.9 Å². The van der Waals surface area contributed by atoms with Crippen LogP contribution in [0.25, 0.3) is 0 Å². The summed E-state index contributed by atoms with van der Waals surface area (Å²) in [6, 6.07) is 8.64. The fraction of sp³-hybridized carbons (Fsp3) is 0.400. The third-order valence-corrected chi connectivity index (χ3v) is 2.71. The molecule has 0 aliphatic heterocycles. The van der Waals surface area contributed by atoms with E-state index in [4.69, 9.17) is 9.15 Å². The van der Waals surface area contributed by atoms with Gasteiger partial charge in [-0.15, -0.1) is 12.4 Å². The van der Waals surface area contributed by atoms with Crippen LogP contribution in [0.3, 0.4) is 0 Å². The molecule has 2 aromatic rings. The Morgan fingerprint density at radius 1 is 1.24 bits per heavy atom. The van der Waals surface area contributed by atoms with Crippen molar-refractivity contribution in [2.75, 3.05) is 6.61 Å². The van der Waals surface area contributed by atoms with Crippen LogP contribution in [0.1, 0.15) is 25.3 Å². The first-order chi connectivity index (χ1) is 9.24. The first-order valence-corrected chi connectivity index (χ1v) is 6.57. The zero-order valence-corrected chi connectivity index (χ0v) is 13.2. The van der Waals surface area contributed by atoms with Crippen molar-refractivity contribution in [3.8, 4) is 5.75 Å². The van der Waals surface area contributed by atoms with E-state index in [0.29, 0.717) is 25.0 Å². The van der Waals surface area contributed by atoms with Gasteiger partial charge in [0, 0.05) is 12.6 Å². The van der Waals surface area contributed by atoms with Crippen LogP contribution < -0.4 is 10.1 Å². The number of hydrogen-bond donors (Lipinski definition) is 1. The van der Waals surface area contributed by atoms with E-state index in [1.807, 2.05) is 12.1 Å². The van der Waals surface area contributed by atoms with Gasteiger partial charge in [0.15, 0.2) is 5.89 Å². The molecule has 1 heterocycles. The van der Waals surface area contributed by atoms with Gasteiger partial charge in [-0.1, -0.05) is 26.0 Å². The summed E-state index contributed by atoms with van der Waals surface area (Å²) in [4.78, 5) is 4.05. The van der Waals surface area contributed by atoms with Crippen LogP contribution in [0.5, 0.6) is 5.75 Å². The summed E-state index contributed by atoms with van der Waals surface area (Å²) >= 11 is 0. The molecule has 5 nitrogen and oxygen atoms in total. The highest BCUT2D eigenvalue weighted by Gasteiger charge is 2.00.